The Kier molecular flexibility index (Phi) is 8.71. The van der Waals surface area contributed by atoms with Gasteiger partial charge in [-0.05, 0) is 0 Å². The molecule has 0 radical (unpaired) electrons. The second-order valence-electron chi connectivity index (χ2n) is 5.56. The second kappa shape index (κ2) is 9.15. The summed E-state index contributed by atoms with van der Waals surface area (Å²) in [5.41, 5.74) is 0. The summed E-state index contributed by atoms with van der Waals surface area (Å²) in [6.07, 6.45) is -12.7. The monoisotopic (exact) mass is 382 g/mol. The molecular formula is C12H22CaO11+2. The number of hydrogen-bond acceptors (Lipinski definition) is 11. The maximum Gasteiger partial charge on any atom is 2.00 e. The number of aliphatic hydroxyl groups is 8. The van der Waals surface area contributed by atoms with E-state index in [9.17, 15) is 30.6 Å². The third-order valence-corrected chi connectivity index (χ3v) is 4.07. The molecule has 8 N–H and O–H groups in total. The fourth-order valence-corrected chi connectivity index (χ4v) is 2.63. The number of aliphatic hydroxyl groups excluding tert-OH is 8. The average molecular weight is 382 g/mol. The number of rotatable bonds is 5. The molecule has 2 aliphatic heterocycles. The van der Waals surface area contributed by atoms with Crippen molar-refractivity contribution in [1.82, 2.24) is 0 Å². The van der Waals surface area contributed by atoms with E-state index in [0.29, 0.717) is 0 Å². The molecule has 0 aliphatic carbocycles. The van der Waals surface area contributed by atoms with Gasteiger partial charge in [-0.1, -0.05) is 0 Å². The van der Waals surface area contributed by atoms with Crippen molar-refractivity contribution in [2.75, 3.05) is 19.8 Å². The Labute approximate surface area is 167 Å². The quantitative estimate of drug-likeness (QED) is 0.211. The molecule has 24 heavy (non-hydrogen) atoms. The molecule has 2 heterocycles. The van der Waals surface area contributed by atoms with Crippen molar-refractivity contribution in [1.29, 1.82) is 0 Å². The van der Waals surface area contributed by atoms with Gasteiger partial charge in [-0.2, -0.15) is 0 Å². The first-order valence-corrected chi connectivity index (χ1v) is 7.05. The first-order valence-electron chi connectivity index (χ1n) is 7.05. The van der Waals surface area contributed by atoms with Crippen LogP contribution in [0.4, 0.5) is 0 Å². The predicted octanol–water partition coefficient (Wildman–Crippen LogP) is -5.78. The standard InChI is InChI=1S/C12H22O11.Ca/c13-1-4-6(16)8(18)9(19)11(21-4)23-12(3-15)10(20)7(17)5(2-14)22-12;/h4-11,13-20H,1-3H2;/q;+2. The van der Waals surface area contributed by atoms with Crippen LogP contribution in [0.1, 0.15) is 0 Å². The minimum atomic E-state index is -2.22. The maximum atomic E-state index is 10.00. The molecule has 2 aliphatic rings. The molecule has 0 aromatic carbocycles. The van der Waals surface area contributed by atoms with E-state index in [-0.39, 0.29) is 37.7 Å². The predicted molar refractivity (Wildman–Crippen MR) is 74.4 cm³/mol. The van der Waals surface area contributed by atoms with Gasteiger partial charge in [0.15, 0.2) is 6.29 Å². The minimum Gasteiger partial charge on any atom is -0.394 e. The molecule has 2 fully saturated rings. The van der Waals surface area contributed by atoms with Crippen LogP contribution in [0.2, 0.25) is 0 Å². The van der Waals surface area contributed by atoms with Crippen molar-refractivity contribution in [2.45, 2.75) is 54.8 Å². The van der Waals surface area contributed by atoms with Gasteiger partial charge in [-0.15, -0.1) is 0 Å². The fraction of sp³-hybridized carbons (Fsp3) is 1.00. The molecule has 0 saturated carbocycles. The van der Waals surface area contributed by atoms with Gasteiger partial charge in [0.05, 0.1) is 13.2 Å². The van der Waals surface area contributed by atoms with Crippen molar-refractivity contribution in [3.8, 4) is 0 Å². The average Bonchev–Trinajstić information content (AvgIpc) is 2.80. The van der Waals surface area contributed by atoms with E-state index in [1.807, 2.05) is 0 Å². The third kappa shape index (κ3) is 4.05. The molecular weight excluding hydrogens is 360 g/mol. The molecule has 9 atom stereocenters. The van der Waals surface area contributed by atoms with E-state index < -0.39 is 74.6 Å². The Morgan fingerprint density at radius 3 is 1.83 bits per heavy atom. The van der Waals surface area contributed by atoms with Gasteiger partial charge in [0.2, 0.25) is 5.79 Å². The van der Waals surface area contributed by atoms with Crippen molar-refractivity contribution < 1.29 is 55.1 Å². The van der Waals surface area contributed by atoms with Gasteiger partial charge in [0.1, 0.15) is 49.3 Å². The van der Waals surface area contributed by atoms with Gasteiger partial charge in [-0.3, -0.25) is 0 Å². The molecule has 11 nitrogen and oxygen atoms in total. The normalized spacial score (nSPS) is 49.0. The Morgan fingerprint density at radius 2 is 1.38 bits per heavy atom. The van der Waals surface area contributed by atoms with Gasteiger partial charge in [-0.25, -0.2) is 0 Å². The fourth-order valence-electron chi connectivity index (χ4n) is 2.63. The van der Waals surface area contributed by atoms with Crippen molar-refractivity contribution in [3.63, 3.8) is 0 Å². The van der Waals surface area contributed by atoms with Crippen LogP contribution in [0.15, 0.2) is 0 Å². The van der Waals surface area contributed by atoms with Crippen molar-refractivity contribution in [3.05, 3.63) is 0 Å². The number of ether oxygens (including phenoxy) is 3. The molecule has 12 heteroatoms. The Bertz CT molecular complexity index is 399. The van der Waals surface area contributed by atoms with Crippen LogP contribution >= 0.6 is 0 Å². The van der Waals surface area contributed by atoms with Gasteiger partial charge in [0, 0.05) is 0 Å². The Balaban J connectivity index is 0.00000288. The van der Waals surface area contributed by atoms with E-state index in [0.717, 1.165) is 0 Å². The van der Waals surface area contributed by atoms with Gasteiger partial charge < -0.3 is 55.1 Å². The maximum absolute atomic E-state index is 10.00. The van der Waals surface area contributed by atoms with E-state index >= 15 is 0 Å². The van der Waals surface area contributed by atoms with Gasteiger partial charge >= 0.3 is 37.7 Å². The molecule has 136 valence electrons. The number of hydrogen-bond donors (Lipinski definition) is 8. The summed E-state index contributed by atoms with van der Waals surface area (Å²) in [4.78, 5) is 0. The summed E-state index contributed by atoms with van der Waals surface area (Å²) in [5, 5.41) is 76.7. The van der Waals surface area contributed by atoms with Crippen LogP contribution in [-0.2, 0) is 14.2 Å². The zero-order valence-corrected chi connectivity index (χ0v) is 15.0. The molecule has 0 aromatic heterocycles. The second-order valence-corrected chi connectivity index (χ2v) is 5.56. The largest absolute Gasteiger partial charge is 2.00 e. The molecule has 2 saturated heterocycles. The molecule has 0 amide bonds. The van der Waals surface area contributed by atoms with E-state index in [1.54, 1.807) is 0 Å². The smallest absolute Gasteiger partial charge is 0.394 e. The SMILES string of the molecule is OCC1OC(OC2(CO)OC(CO)C(O)C2O)C(O)C(O)C1O.[Ca+2]. The van der Waals surface area contributed by atoms with E-state index in [2.05, 4.69) is 0 Å². The summed E-state index contributed by atoms with van der Waals surface area (Å²) in [6, 6.07) is 0. The molecule has 2 rings (SSSR count). The van der Waals surface area contributed by atoms with E-state index in [1.165, 1.54) is 0 Å². The first kappa shape index (κ1) is 22.9. The molecule has 0 aromatic rings. The van der Waals surface area contributed by atoms with Crippen LogP contribution in [0, 0.1) is 0 Å². The summed E-state index contributed by atoms with van der Waals surface area (Å²) >= 11 is 0. The van der Waals surface area contributed by atoms with Crippen LogP contribution in [-0.4, -0.2) is 153 Å². The first-order chi connectivity index (χ1) is 10.8. The van der Waals surface area contributed by atoms with Crippen molar-refractivity contribution in [2.24, 2.45) is 0 Å². The summed E-state index contributed by atoms with van der Waals surface area (Å²) in [5.74, 6) is -2.22. The van der Waals surface area contributed by atoms with Crippen LogP contribution in [0.25, 0.3) is 0 Å². The summed E-state index contributed by atoms with van der Waals surface area (Å²) < 4.78 is 15.4. The topological polar surface area (TPSA) is 190 Å². The van der Waals surface area contributed by atoms with Crippen molar-refractivity contribution >= 4 is 37.7 Å². The van der Waals surface area contributed by atoms with Gasteiger partial charge in [0.25, 0.3) is 0 Å². The zero-order valence-electron chi connectivity index (χ0n) is 12.7. The Hall–Kier alpha value is 0.820. The molecule has 0 bridgehead atoms. The van der Waals surface area contributed by atoms with E-state index in [4.69, 9.17) is 24.4 Å². The zero-order chi connectivity index (χ0) is 17.4. The summed E-state index contributed by atoms with van der Waals surface area (Å²) in [6.45, 7) is -2.32. The van der Waals surface area contributed by atoms with Crippen LogP contribution in [0.3, 0.4) is 0 Å². The Morgan fingerprint density at radius 1 is 0.792 bits per heavy atom. The summed E-state index contributed by atoms with van der Waals surface area (Å²) in [7, 11) is 0. The minimum absolute atomic E-state index is 0. The molecule has 0 spiro atoms. The van der Waals surface area contributed by atoms with Crippen LogP contribution < -0.4 is 0 Å². The molecule has 9 unspecified atom stereocenters. The van der Waals surface area contributed by atoms with Crippen LogP contribution in [0.5, 0.6) is 0 Å². The third-order valence-electron chi connectivity index (χ3n) is 4.07.